The molecule has 7 heteroatoms. The van der Waals surface area contributed by atoms with Crippen molar-refractivity contribution in [1.82, 2.24) is 9.88 Å². The molecular weight excluding hydrogens is 426 g/mol. The van der Waals surface area contributed by atoms with Gasteiger partial charge in [0.15, 0.2) is 5.75 Å². The number of aryl methyl sites for hydroxylation is 2. The third-order valence-corrected chi connectivity index (χ3v) is 5.89. The van der Waals surface area contributed by atoms with Crippen molar-refractivity contribution in [1.29, 1.82) is 0 Å². The fraction of sp³-hybridized carbons (Fsp3) is 0.280. The number of halogens is 1. The lowest BCUT2D eigenvalue weighted by Gasteiger charge is -2.36. The fourth-order valence-electron chi connectivity index (χ4n) is 3.96. The van der Waals surface area contributed by atoms with E-state index < -0.39 is 0 Å². The van der Waals surface area contributed by atoms with Gasteiger partial charge in [-0.2, -0.15) is 0 Å². The number of ether oxygens (including phenoxy) is 1. The Kier molecular flexibility index (Phi) is 6.51. The number of carbonyl (C=O) groups is 1. The summed E-state index contributed by atoms with van der Waals surface area (Å²) in [4.78, 5) is 32.4. The number of pyridine rings is 1. The van der Waals surface area contributed by atoms with Gasteiger partial charge in [0, 0.05) is 49.2 Å². The first-order valence-electron chi connectivity index (χ1n) is 10.6. The van der Waals surface area contributed by atoms with Crippen molar-refractivity contribution in [2.45, 2.75) is 20.5 Å². The van der Waals surface area contributed by atoms with Crippen LogP contribution >= 0.6 is 11.6 Å². The summed E-state index contributed by atoms with van der Waals surface area (Å²) in [6.45, 7) is 7.11. The Labute approximate surface area is 192 Å². The molecule has 1 saturated heterocycles. The maximum Gasteiger partial charge on any atom is 0.270 e. The molecule has 1 aliphatic heterocycles. The number of amides is 1. The number of rotatable bonds is 5. The molecule has 2 heterocycles. The molecule has 0 saturated carbocycles. The maximum absolute atomic E-state index is 12.9. The highest BCUT2D eigenvalue weighted by molar-refractivity contribution is 6.30. The van der Waals surface area contributed by atoms with E-state index in [0.717, 1.165) is 18.7 Å². The first-order valence-corrected chi connectivity index (χ1v) is 11.0. The number of H-pyrrole nitrogens is 1. The molecule has 3 aromatic rings. The minimum atomic E-state index is -0.331. The number of piperazine rings is 1. The number of benzene rings is 2. The van der Waals surface area contributed by atoms with Crippen molar-refractivity contribution in [3.8, 4) is 5.75 Å². The summed E-state index contributed by atoms with van der Waals surface area (Å²) in [5.41, 5.74) is 4.48. The van der Waals surface area contributed by atoms with E-state index in [-0.39, 0.29) is 29.4 Å². The molecule has 1 N–H and O–H groups in total. The molecule has 1 aromatic heterocycles. The van der Waals surface area contributed by atoms with Gasteiger partial charge in [-0.1, -0.05) is 41.4 Å². The molecule has 6 nitrogen and oxygen atoms in total. The zero-order valence-corrected chi connectivity index (χ0v) is 19.0. The van der Waals surface area contributed by atoms with E-state index in [9.17, 15) is 9.59 Å². The van der Waals surface area contributed by atoms with Crippen LogP contribution in [0.25, 0.3) is 0 Å². The summed E-state index contributed by atoms with van der Waals surface area (Å²) < 4.78 is 5.61. The normalized spacial score (nSPS) is 13.8. The van der Waals surface area contributed by atoms with Crippen molar-refractivity contribution in [2.75, 3.05) is 31.1 Å². The number of nitrogens with zero attached hydrogens (tertiary/aromatic N) is 2. The second kappa shape index (κ2) is 9.49. The molecule has 1 fully saturated rings. The summed E-state index contributed by atoms with van der Waals surface area (Å²) in [6.07, 6.45) is 1.45. The van der Waals surface area contributed by atoms with Gasteiger partial charge in [-0.3, -0.25) is 9.59 Å². The molecule has 0 radical (unpaired) electrons. The molecule has 0 atom stereocenters. The van der Waals surface area contributed by atoms with Gasteiger partial charge in [0.2, 0.25) is 5.43 Å². The topological polar surface area (TPSA) is 65.6 Å². The molecule has 0 bridgehead atoms. The molecule has 2 aromatic carbocycles. The van der Waals surface area contributed by atoms with Gasteiger partial charge in [0.25, 0.3) is 5.91 Å². The summed E-state index contributed by atoms with van der Waals surface area (Å²) in [5.74, 6) is -0.00930. The highest BCUT2D eigenvalue weighted by Gasteiger charge is 2.24. The van der Waals surface area contributed by atoms with E-state index in [4.69, 9.17) is 16.3 Å². The van der Waals surface area contributed by atoms with E-state index in [1.165, 1.54) is 29.1 Å². The number of aromatic nitrogens is 1. The van der Waals surface area contributed by atoms with Crippen LogP contribution in [0.4, 0.5) is 5.69 Å². The average Bonchev–Trinajstić information content (AvgIpc) is 2.78. The molecule has 166 valence electrons. The molecule has 1 aliphatic rings. The zero-order chi connectivity index (χ0) is 22.7. The molecule has 0 unspecified atom stereocenters. The van der Waals surface area contributed by atoms with Crippen LogP contribution in [-0.2, 0) is 6.61 Å². The van der Waals surface area contributed by atoms with Crippen molar-refractivity contribution in [3.05, 3.63) is 92.4 Å². The lowest BCUT2D eigenvalue weighted by atomic mass is 10.1. The van der Waals surface area contributed by atoms with Gasteiger partial charge < -0.3 is 19.5 Å². The third kappa shape index (κ3) is 4.97. The van der Waals surface area contributed by atoms with Crippen LogP contribution in [0.1, 0.15) is 27.2 Å². The Hall–Kier alpha value is -3.25. The largest absolute Gasteiger partial charge is 0.483 e. The van der Waals surface area contributed by atoms with Crippen molar-refractivity contribution in [2.24, 2.45) is 0 Å². The van der Waals surface area contributed by atoms with Crippen LogP contribution < -0.4 is 15.1 Å². The molecule has 1 amide bonds. The lowest BCUT2D eigenvalue weighted by Crippen LogP contribution is -2.49. The molecule has 32 heavy (non-hydrogen) atoms. The van der Waals surface area contributed by atoms with E-state index in [0.29, 0.717) is 18.1 Å². The van der Waals surface area contributed by atoms with Crippen molar-refractivity contribution in [3.63, 3.8) is 0 Å². The number of aromatic amines is 1. The van der Waals surface area contributed by atoms with Gasteiger partial charge in [-0.15, -0.1) is 0 Å². The first-order chi connectivity index (χ1) is 15.4. The Balaban J connectivity index is 1.37. The smallest absolute Gasteiger partial charge is 0.270 e. The van der Waals surface area contributed by atoms with Crippen LogP contribution in [0.2, 0.25) is 5.02 Å². The number of anilines is 1. The van der Waals surface area contributed by atoms with E-state index in [1.54, 1.807) is 17.0 Å². The SMILES string of the molecule is Cc1ccc(N2CCN(C(=O)c3cc(=O)c(OCc4cccc(Cl)c4)c[nH]3)CC2)c(C)c1. The molecule has 4 rings (SSSR count). The summed E-state index contributed by atoms with van der Waals surface area (Å²) in [6, 6.07) is 15.0. The number of nitrogens with one attached hydrogen (secondary N) is 1. The van der Waals surface area contributed by atoms with Gasteiger partial charge >= 0.3 is 0 Å². The third-order valence-electron chi connectivity index (χ3n) is 5.65. The molecule has 0 spiro atoms. The van der Waals surface area contributed by atoms with E-state index in [1.807, 2.05) is 12.1 Å². The van der Waals surface area contributed by atoms with Gasteiger partial charge in [0.05, 0.1) is 0 Å². The Morgan fingerprint density at radius 2 is 1.84 bits per heavy atom. The van der Waals surface area contributed by atoms with Crippen LogP contribution in [0, 0.1) is 13.8 Å². The number of hydrogen-bond acceptors (Lipinski definition) is 4. The minimum Gasteiger partial charge on any atom is -0.483 e. The fourth-order valence-corrected chi connectivity index (χ4v) is 4.18. The average molecular weight is 452 g/mol. The number of hydrogen-bond donors (Lipinski definition) is 1. The number of carbonyl (C=O) groups excluding carboxylic acids is 1. The second-order valence-electron chi connectivity index (χ2n) is 8.06. The monoisotopic (exact) mass is 451 g/mol. The van der Waals surface area contributed by atoms with Crippen molar-refractivity contribution < 1.29 is 9.53 Å². The Morgan fingerprint density at radius 1 is 1.06 bits per heavy atom. The van der Waals surface area contributed by atoms with Crippen LogP contribution in [0.3, 0.4) is 0 Å². The Morgan fingerprint density at radius 3 is 2.53 bits per heavy atom. The minimum absolute atomic E-state index is 0.168. The van der Waals surface area contributed by atoms with Crippen LogP contribution in [-0.4, -0.2) is 42.0 Å². The van der Waals surface area contributed by atoms with Crippen molar-refractivity contribution >= 4 is 23.2 Å². The van der Waals surface area contributed by atoms with E-state index in [2.05, 4.69) is 41.9 Å². The van der Waals surface area contributed by atoms with Crippen LogP contribution in [0.5, 0.6) is 5.75 Å². The Bertz CT molecular complexity index is 1180. The van der Waals surface area contributed by atoms with Gasteiger partial charge in [-0.25, -0.2) is 0 Å². The summed E-state index contributed by atoms with van der Waals surface area (Å²) in [7, 11) is 0. The highest BCUT2D eigenvalue weighted by Crippen LogP contribution is 2.23. The molecule has 0 aliphatic carbocycles. The first kappa shape index (κ1) is 22.0. The van der Waals surface area contributed by atoms with Crippen LogP contribution in [0.15, 0.2) is 59.5 Å². The second-order valence-corrected chi connectivity index (χ2v) is 8.50. The summed E-state index contributed by atoms with van der Waals surface area (Å²) in [5, 5.41) is 0.610. The maximum atomic E-state index is 12.9. The quantitative estimate of drug-likeness (QED) is 0.631. The zero-order valence-electron chi connectivity index (χ0n) is 18.2. The van der Waals surface area contributed by atoms with Gasteiger partial charge in [0.1, 0.15) is 12.3 Å². The standard InChI is InChI=1S/C25H26ClN3O3/c1-17-6-7-22(18(2)12-17)28-8-10-29(11-9-28)25(31)21-14-23(30)24(15-27-21)32-16-19-4-3-5-20(26)13-19/h3-7,12-15H,8-11,16H2,1-2H3,(H,27,30). The predicted octanol–water partition coefficient (Wildman–Crippen LogP) is 4.19. The van der Waals surface area contributed by atoms with E-state index >= 15 is 0 Å². The molecular formula is C25H26ClN3O3. The predicted molar refractivity (Wildman–Crippen MR) is 127 cm³/mol. The summed E-state index contributed by atoms with van der Waals surface area (Å²) >= 11 is 5.98. The highest BCUT2D eigenvalue weighted by atomic mass is 35.5. The lowest BCUT2D eigenvalue weighted by molar-refractivity contribution is 0.0740. The van der Waals surface area contributed by atoms with Gasteiger partial charge in [-0.05, 0) is 43.2 Å².